The smallest absolute Gasteiger partial charge is 0.340 e. The Hall–Kier alpha value is -1.62. The summed E-state index contributed by atoms with van der Waals surface area (Å²) in [5, 5.41) is 1.05. The quantitative estimate of drug-likeness (QED) is 0.804. The molecule has 2 aromatic rings. The summed E-state index contributed by atoms with van der Waals surface area (Å²) in [5.74, 6) is -0.300. The summed E-state index contributed by atoms with van der Waals surface area (Å²) >= 11 is 1.72. The fourth-order valence-corrected chi connectivity index (χ4v) is 3.45. The Bertz CT molecular complexity index is 613. The van der Waals surface area contributed by atoms with Gasteiger partial charge in [-0.25, -0.2) is 9.78 Å². The van der Waals surface area contributed by atoms with Crippen LogP contribution in [-0.2, 0) is 17.6 Å². The molecule has 0 aliphatic heterocycles. The van der Waals surface area contributed by atoms with Crippen molar-refractivity contribution >= 4 is 17.3 Å². The van der Waals surface area contributed by atoms with Crippen LogP contribution in [0.1, 0.15) is 32.4 Å². The Morgan fingerprint density at radius 1 is 1.50 bits per heavy atom. The van der Waals surface area contributed by atoms with Crippen LogP contribution in [0.4, 0.5) is 0 Å². The standard InChI is InChI=1S/C13H14N2O2S/c1-7-15-12-10(18-7)5-3-4-9-11(12)8(6-14-9)13(16)17-2/h6,14H,3-5H2,1-2H3. The van der Waals surface area contributed by atoms with Gasteiger partial charge in [0.25, 0.3) is 0 Å². The number of hydrogen-bond acceptors (Lipinski definition) is 4. The van der Waals surface area contributed by atoms with Crippen molar-refractivity contribution in [2.45, 2.75) is 26.2 Å². The third-order valence-corrected chi connectivity index (χ3v) is 4.27. The molecule has 0 bridgehead atoms. The zero-order valence-corrected chi connectivity index (χ0v) is 11.2. The number of aromatic nitrogens is 2. The van der Waals surface area contributed by atoms with E-state index in [1.165, 1.54) is 12.0 Å². The molecule has 94 valence electrons. The van der Waals surface area contributed by atoms with Gasteiger partial charge in [-0.05, 0) is 26.2 Å². The average Bonchev–Trinajstić information content (AvgIpc) is 2.89. The molecule has 5 heteroatoms. The lowest BCUT2D eigenvalue weighted by atomic mass is 10.1. The van der Waals surface area contributed by atoms with Crippen molar-refractivity contribution in [3.8, 4) is 11.3 Å². The molecule has 0 aromatic carbocycles. The Kier molecular flexibility index (Phi) is 2.70. The normalized spacial score (nSPS) is 13.7. The van der Waals surface area contributed by atoms with Crippen molar-refractivity contribution in [3.63, 3.8) is 0 Å². The van der Waals surface area contributed by atoms with Gasteiger partial charge in [0.1, 0.15) is 0 Å². The maximum atomic E-state index is 11.8. The van der Waals surface area contributed by atoms with E-state index >= 15 is 0 Å². The summed E-state index contributed by atoms with van der Waals surface area (Å²) in [5.41, 5.74) is 3.60. The monoisotopic (exact) mass is 262 g/mol. The third kappa shape index (κ3) is 1.66. The van der Waals surface area contributed by atoms with Crippen molar-refractivity contribution in [1.82, 2.24) is 9.97 Å². The Labute approximate surface area is 109 Å². The number of nitrogens with one attached hydrogen (secondary N) is 1. The second-order valence-electron chi connectivity index (χ2n) is 4.41. The number of ether oxygens (including phenoxy) is 1. The van der Waals surface area contributed by atoms with E-state index in [4.69, 9.17) is 4.74 Å². The fraction of sp³-hybridized carbons (Fsp3) is 0.385. The van der Waals surface area contributed by atoms with E-state index in [9.17, 15) is 4.79 Å². The molecule has 2 heterocycles. The van der Waals surface area contributed by atoms with Crippen LogP contribution in [0.3, 0.4) is 0 Å². The summed E-state index contributed by atoms with van der Waals surface area (Å²) in [6.45, 7) is 2.00. The van der Waals surface area contributed by atoms with Gasteiger partial charge in [0.2, 0.25) is 0 Å². The lowest BCUT2D eigenvalue weighted by Gasteiger charge is -2.02. The highest BCUT2D eigenvalue weighted by molar-refractivity contribution is 7.12. The zero-order chi connectivity index (χ0) is 12.7. The van der Waals surface area contributed by atoms with Crippen LogP contribution in [0, 0.1) is 6.92 Å². The van der Waals surface area contributed by atoms with E-state index in [0.717, 1.165) is 41.2 Å². The number of carbonyl (C=O) groups is 1. The van der Waals surface area contributed by atoms with Gasteiger partial charge in [-0.2, -0.15) is 0 Å². The van der Waals surface area contributed by atoms with Crippen LogP contribution in [0.5, 0.6) is 0 Å². The van der Waals surface area contributed by atoms with Crippen LogP contribution in [0.25, 0.3) is 11.3 Å². The highest BCUT2D eigenvalue weighted by Crippen LogP contribution is 2.37. The Balaban J connectivity index is 2.23. The van der Waals surface area contributed by atoms with E-state index in [1.807, 2.05) is 6.92 Å². The van der Waals surface area contributed by atoms with Gasteiger partial charge in [0, 0.05) is 22.3 Å². The molecule has 0 saturated carbocycles. The predicted molar refractivity (Wildman–Crippen MR) is 70.0 cm³/mol. The lowest BCUT2D eigenvalue weighted by molar-refractivity contribution is 0.0601. The highest BCUT2D eigenvalue weighted by Gasteiger charge is 2.25. The minimum atomic E-state index is -0.300. The number of esters is 1. The van der Waals surface area contributed by atoms with Gasteiger partial charge in [-0.15, -0.1) is 11.3 Å². The minimum absolute atomic E-state index is 0.300. The first kappa shape index (κ1) is 11.5. The number of nitrogens with zero attached hydrogens (tertiary/aromatic N) is 1. The minimum Gasteiger partial charge on any atom is -0.465 e. The largest absolute Gasteiger partial charge is 0.465 e. The second kappa shape index (κ2) is 4.24. The number of rotatable bonds is 1. The number of fused-ring (bicyclic) bond motifs is 3. The molecule has 2 aromatic heterocycles. The van der Waals surface area contributed by atoms with Crippen LogP contribution in [0.2, 0.25) is 0 Å². The van der Waals surface area contributed by atoms with Gasteiger partial charge in [-0.1, -0.05) is 0 Å². The summed E-state index contributed by atoms with van der Waals surface area (Å²) in [4.78, 5) is 20.9. The van der Waals surface area contributed by atoms with E-state index in [-0.39, 0.29) is 5.97 Å². The summed E-state index contributed by atoms with van der Waals surface area (Å²) in [6, 6.07) is 0. The van der Waals surface area contributed by atoms with Crippen molar-refractivity contribution in [3.05, 3.63) is 27.3 Å². The molecular formula is C13H14N2O2S. The van der Waals surface area contributed by atoms with Crippen molar-refractivity contribution in [1.29, 1.82) is 0 Å². The first-order valence-electron chi connectivity index (χ1n) is 5.96. The number of aryl methyl sites for hydroxylation is 3. The third-order valence-electron chi connectivity index (χ3n) is 3.24. The van der Waals surface area contributed by atoms with Gasteiger partial charge in [-0.3, -0.25) is 0 Å². The summed E-state index contributed by atoms with van der Waals surface area (Å²) in [6.07, 6.45) is 4.81. The van der Waals surface area contributed by atoms with Crippen LogP contribution < -0.4 is 0 Å². The molecular weight excluding hydrogens is 248 g/mol. The molecule has 0 fully saturated rings. The number of carbonyl (C=O) groups excluding carboxylic acids is 1. The van der Waals surface area contributed by atoms with Crippen LogP contribution >= 0.6 is 11.3 Å². The van der Waals surface area contributed by atoms with Gasteiger partial charge < -0.3 is 9.72 Å². The maximum absolute atomic E-state index is 11.8. The van der Waals surface area contributed by atoms with Crippen molar-refractivity contribution < 1.29 is 9.53 Å². The highest BCUT2D eigenvalue weighted by atomic mass is 32.1. The molecule has 18 heavy (non-hydrogen) atoms. The van der Waals surface area contributed by atoms with Crippen molar-refractivity contribution in [2.75, 3.05) is 7.11 Å². The molecule has 0 spiro atoms. The molecule has 0 radical (unpaired) electrons. The van der Waals surface area contributed by atoms with Crippen LogP contribution in [-0.4, -0.2) is 23.0 Å². The molecule has 1 aliphatic rings. The summed E-state index contributed by atoms with van der Waals surface area (Å²) in [7, 11) is 1.41. The lowest BCUT2D eigenvalue weighted by Crippen LogP contribution is -2.02. The summed E-state index contributed by atoms with van der Waals surface area (Å²) < 4.78 is 4.84. The average molecular weight is 262 g/mol. The molecule has 1 aliphatic carbocycles. The Morgan fingerprint density at radius 3 is 3.11 bits per heavy atom. The SMILES string of the molecule is COC(=O)c1c[nH]c2c1-c1nc(C)sc1CCC2. The second-order valence-corrected chi connectivity index (χ2v) is 5.69. The van der Waals surface area contributed by atoms with Gasteiger partial charge >= 0.3 is 5.97 Å². The number of thiazole rings is 1. The zero-order valence-electron chi connectivity index (χ0n) is 10.4. The van der Waals surface area contributed by atoms with Crippen LogP contribution in [0.15, 0.2) is 6.20 Å². The maximum Gasteiger partial charge on any atom is 0.340 e. The fourth-order valence-electron chi connectivity index (χ4n) is 2.46. The number of methoxy groups -OCH3 is 1. The predicted octanol–water partition coefficient (Wildman–Crippen LogP) is 2.72. The van der Waals surface area contributed by atoms with Gasteiger partial charge in [0.15, 0.2) is 0 Å². The molecule has 0 saturated heterocycles. The van der Waals surface area contributed by atoms with E-state index in [1.54, 1.807) is 17.5 Å². The number of aromatic amines is 1. The first-order valence-corrected chi connectivity index (χ1v) is 6.77. The van der Waals surface area contributed by atoms with E-state index < -0.39 is 0 Å². The molecule has 3 rings (SSSR count). The van der Waals surface area contributed by atoms with Gasteiger partial charge in [0.05, 0.1) is 23.4 Å². The Morgan fingerprint density at radius 2 is 2.33 bits per heavy atom. The molecule has 4 nitrogen and oxygen atoms in total. The van der Waals surface area contributed by atoms with E-state index in [0.29, 0.717) is 5.56 Å². The number of hydrogen-bond donors (Lipinski definition) is 1. The molecule has 1 N–H and O–H groups in total. The topological polar surface area (TPSA) is 55.0 Å². The first-order chi connectivity index (χ1) is 8.70. The molecule has 0 unspecified atom stereocenters. The number of H-pyrrole nitrogens is 1. The van der Waals surface area contributed by atoms with Crippen molar-refractivity contribution in [2.24, 2.45) is 0 Å². The van der Waals surface area contributed by atoms with E-state index in [2.05, 4.69) is 9.97 Å². The molecule has 0 amide bonds. The molecule has 0 atom stereocenters.